The molecule has 2 aliphatic heterocycles. The topological polar surface area (TPSA) is 35.6 Å². The molecule has 6 heteroatoms. The van der Waals surface area contributed by atoms with Crippen molar-refractivity contribution in [2.24, 2.45) is 0 Å². The summed E-state index contributed by atoms with van der Waals surface area (Å²) in [4.78, 5) is 18.4. The van der Waals surface area contributed by atoms with Crippen LogP contribution >= 0.6 is 11.3 Å². The van der Waals surface area contributed by atoms with Crippen molar-refractivity contribution >= 4 is 17.2 Å². The lowest BCUT2D eigenvalue weighted by molar-refractivity contribution is -0.134. The van der Waals surface area contributed by atoms with Gasteiger partial charge in [0.05, 0.1) is 6.54 Å². The molecule has 0 saturated carbocycles. The predicted molar refractivity (Wildman–Crippen MR) is 97.0 cm³/mol. The maximum absolute atomic E-state index is 13.6. The maximum Gasteiger partial charge on any atom is 0.237 e. The Kier molecular flexibility index (Phi) is 4.83. The van der Waals surface area contributed by atoms with Crippen molar-refractivity contribution in [1.82, 2.24) is 15.1 Å². The summed E-state index contributed by atoms with van der Waals surface area (Å²) in [7, 11) is 0. The summed E-state index contributed by atoms with van der Waals surface area (Å²) in [6, 6.07) is 8.88. The molecule has 4 nitrogen and oxygen atoms in total. The number of amides is 1. The molecule has 1 aromatic carbocycles. The highest BCUT2D eigenvalue weighted by molar-refractivity contribution is 7.10. The molecule has 0 aliphatic carbocycles. The fourth-order valence-electron chi connectivity index (χ4n) is 3.71. The van der Waals surface area contributed by atoms with Crippen LogP contribution in [0.25, 0.3) is 0 Å². The molecule has 1 aromatic heterocycles. The molecule has 0 bridgehead atoms. The summed E-state index contributed by atoms with van der Waals surface area (Å²) in [6.07, 6.45) is 0.952. The Labute approximate surface area is 151 Å². The molecule has 0 radical (unpaired) electrons. The molecular weight excluding hydrogens is 337 g/mol. The van der Waals surface area contributed by atoms with E-state index in [0.29, 0.717) is 13.1 Å². The minimum atomic E-state index is -0.227. The van der Waals surface area contributed by atoms with E-state index in [2.05, 4.69) is 21.7 Å². The monoisotopic (exact) mass is 359 g/mol. The number of fused-ring (bicyclic) bond motifs is 1. The van der Waals surface area contributed by atoms with E-state index in [1.54, 1.807) is 23.5 Å². The molecule has 1 atom stereocenters. The Morgan fingerprint density at radius 3 is 3.12 bits per heavy atom. The third-order valence-corrected chi connectivity index (χ3v) is 6.11. The summed E-state index contributed by atoms with van der Waals surface area (Å²) in [5.41, 5.74) is 2.21. The van der Waals surface area contributed by atoms with Gasteiger partial charge in [-0.2, -0.15) is 0 Å². The number of hydrogen-bond acceptors (Lipinski definition) is 4. The highest BCUT2D eigenvalue weighted by Crippen LogP contribution is 2.26. The highest BCUT2D eigenvalue weighted by Gasteiger charge is 2.29. The number of nitrogens with zero attached hydrogens (tertiary/aromatic N) is 2. The van der Waals surface area contributed by atoms with Crippen molar-refractivity contribution < 1.29 is 9.18 Å². The fourth-order valence-corrected chi connectivity index (χ4v) is 4.60. The number of thiophene rings is 1. The lowest BCUT2D eigenvalue weighted by Crippen LogP contribution is -2.50. The van der Waals surface area contributed by atoms with E-state index < -0.39 is 0 Å². The molecule has 1 unspecified atom stereocenters. The molecular formula is C19H22FN3OS. The molecule has 0 spiro atoms. The minimum absolute atomic E-state index is 0.0369. The molecule has 2 aliphatic rings. The number of piperazine rings is 1. The second kappa shape index (κ2) is 7.23. The second-order valence-electron chi connectivity index (χ2n) is 6.68. The van der Waals surface area contributed by atoms with Crippen LogP contribution in [0.2, 0.25) is 0 Å². The van der Waals surface area contributed by atoms with Crippen molar-refractivity contribution in [3.63, 3.8) is 0 Å². The van der Waals surface area contributed by atoms with Gasteiger partial charge in [0.15, 0.2) is 0 Å². The van der Waals surface area contributed by atoms with Gasteiger partial charge in [-0.25, -0.2) is 4.39 Å². The number of nitrogens with one attached hydrogen (secondary N) is 1. The van der Waals surface area contributed by atoms with E-state index in [0.717, 1.165) is 38.2 Å². The van der Waals surface area contributed by atoms with Gasteiger partial charge in [-0.3, -0.25) is 9.69 Å². The van der Waals surface area contributed by atoms with E-state index in [1.165, 1.54) is 16.5 Å². The van der Waals surface area contributed by atoms with Crippen molar-refractivity contribution in [3.8, 4) is 0 Å². The molecule has 25 heavy (non-hydrogen) atoms. The molecule has 132 valence electrons. The zero-order valence-electron chi connectivity index (χ0n) is 14.1. The van der Waals surface area contributed by atoms with Crippen LogP contribution in [0.1, 0.15) is 22.0 Å². The number of halogens is 1. The normalized spacial score (nSPS) is 21.2. The van der Waals surface area contributed by atoms with E-state index in [9.17, 15) is 9.18 Å². The Morgan fingerprint density at radius 2 is 2.24 bits per heavy atom. The van der Waals surface area contributed by atoms with Gasteiger partial charge in [-0.15, -0.1) is 11.3 Å². The molecule has 1 N–H and O–H groups in total. The SMILES string of the molecule is O=C(CN1CCNCC1c1cccc(F)c1)N1CCc2sccc2C1. The summed E-state index contributed by atoms with van der Waals surface area (Å²) < 4.78 is 13.6. The standard InChI is InChI=1S/C19H22FN3OS/c20-16-3-1-2-14(10-16)17-11-21-6-8-22(17)13-19(24)23-7-4-18-15(12-23)5-9-25-18/h1-3,5,9-10,17,21H,4,6-8,11-13H2. The summed E-state index contributed by atoms with van der Waals surface area (Å²) in [5, 5.41) is 5.46. The van der Waals surface area contributed by atoms with Crippen LogP contribution in [0.15, 0.2) is 35.7 Å². The lowest BCUT2D eigenvalue weighted by Gasteiger charge is -2.37. The van der Waals surface area contributed by atoms with E-state index in [1.807, 2.05) is 11.0 Å². The second-order valence-corrected chi connectivity index (χ2v) is 7.68. The third-order valence-electron chi connectivity index (χ3n) is 5.09. The maximum atomic E-state index is 13.6. The molecule has 1 fully saturated rings. The molecule has 1 amide bonds. The van der Waals surface area contributed by atoms with Gasteiger partial charge in [0, 0.05) is 43.6 Å². The number of carbonyl (C=O) groups is 1. The van der Waals surface area contributed by atoms with Gasteiger partial charge < -0.3 is 10.2 Å². The van der Waals surface area contributed by atoms with E-state index >= 15 is 0 Å². The summed E-state index contributed by atoms with van der Waals surface area (Å²) in [5.74, 6) is -0.0597. The Balaban J connectivity index is 1.45. The zero-order valence-corrected chi connectivity index (χ0v) is 14.9. The first kappa shape index (κ1) is 16.7. The number of rotatable bonds is 3. The van der Waals surface area contributed by atoms with Crippen molar-refractivity contribution in [1.29, 1.82) is 0 Å². The average molecular weight is 359 g/mol. The van der Waals surface area contributed by atoms with Gasteiger partial charge in [-0.05, 0) is 41.1 Å². The average Bonchev–Trinajstić information content (AvgIpc) is 3.10. The van der Waals surface area contributed by atoms with Gasteiger partial charge in [-0.1, -0.05) is 12.1 Å². The molecule has 2 aromatic rings. The van der Waals surface area contributed by atoms with Gasteiger partial charge in [0.25, 0.3) is 0 Å². The highest BCUT2D eigenvalue weighted by atomic mass is 32.1. The van der Waals surface area contributed by atoms with Crippen molar-refractivity contribution in [3.05, 3.63) is 57.5 Å². The number of benzene rings is 1. The van der Waals surface area contributed by atoms with Gasteiger partial charge in [0.2, 0.25) is 5.91 Å². The van der Waals surface area contributed by atoms with Gasteiger partial charge in [0.1, 0.15) is 5.82 Å². The molecule has 3 heterocycles. The molecule has 4 rings (SSSR count). The van der Waals surface area contributed by atoms with Crippen molar-refractivity contribution in [2.75, 3.05) is 32.7 Å². The lowest BCUT2D eigenvalue weighted by atomic mass is 10.0. The van der Waals surface area contributed by atoms with Gasteiger partial charge >= 0.3 is 0 Å². The van der Waals surface area contributed by atoms with E-state index in [-0.39, 0.29) is 17.8 Å². The largest absolute Gasteiger partial charge is 0.337 e. The Morgan fingerprint density at radius 1 is 1.32 bits per heavy atom. The van der Waals surface area contributed by atoms with E-state index in [4.69, 9.17) is 0 Å². The first-order valence-corrected chi connectivity index (χ1v) is 9.62. The van der Waals surface area contributed by atoms with Crippen LogP contribution in [-0.2, 0) is 17.8 Å². The minimum Gasteiger partial charge on any atom is -0.337 e. The Hall–Kier alpha value is -1.76. The van der Waals surface area contributed by atoms with Crippen molar-refractivity contribution in [2.45, 2.75) is 19.0 Å². The smallest absolute Gasteiger partial charge is 0.237 e. The first-order chi connectivity index (χ1) is 12.2. The van der Waals surface area contributed by atoms with Crippen LogP contribution in [0.5, 0.6) is 0 Å². The quantitative estimate of drug-likeness (QED) is 0.914. The third kappa shape index (κ3) is 3.61. The van der Waals surface area contributed by atoms with Crippen LogP contribution in [0, 0.1) is 5.82 Å². The van der Waals surface area contributed by atoms with Crippen LogP contribution in [0.4, 0.5) is 4.39 Å². The van der Waals surface area contributed by atoms with Crippen LogP contribution in [-0.4, -0.2) is 48.4 Å². The molecule has 1 saturated heterocycles. The zero-order chi connectivity index (χ0) is 17.2. The predicted octanol–water partition coefficient (Wildman–Crippen LogP) is 2.42. The van der Waals surface area contributed by atoms with Crippen LogP contribution < -0.4 is 5.32 Å². The van der Waals surface area contributed by atoms with Crippen LogP contribution in [0.3, 0.4) is 0 Å². The number of hydrogen-bond donors (Lipinski definition) is 1. The first-order valence-electron chi connectivity index (χ1n) is 8.74. The number of carbonyl (C=O) groups excluding carboxylic acids is 1. The summed E-state index contributed by atoms with van der Waals surface area (Å²) >= 11 is 1.78. The Bertz CT molecular complexity index is 763. The fraction of sp³-hybridized carbons (Fsp3) is 0.421. The summed E-state index contributed by atoms with van der Waals surface area (Å²) in [6.45, 7) is 4.30.